The highest BCUT2D eigenvalue weighted by molar-refractivity contribution is 7.45. The zero-order chi connectivity index (χ0) is 35.1. The summed E-state index contributed by atoms with van der Waals surface area (Å²) in [5.74, 6) is -0.199. The van der Waals surface area contributed by atoms with Crippen LogP contribution in [0.2, 0.25) is 0 Å². The number of hydrogen-bond donors (Lipinski definition) is 2. The van der Waals surface area contributed by atoms with Crippen molar-refractivity contribution in [1.82, 2.24) is 5.32 Å². The lowest BCUT2D eigenvalue weighted by atomic mass is 10.0. The average molecular weight is 689 g/mol. The van der Waals surface area contributed by atoms with Crippen molar-refractivity contribution in [2.45, 2.75) is 187 Å². The topological polar surface area (TPSA) is 108 Å². The van der Waals surface area contributed by atoms with E-state index >= 15 is 0 Å². The highest BCUT2D eigenvalue weighted by atomic mass is 31.2. The fourth-order valence-corrected chi connectivity index (χ4v) is 6.29. The van der Waals surface area contributed by atoms with Gasteiger partial charge in [-0.05, 0) is 19.3 Å². The fraction of sp³-hybridized carbons (Fsp3) is 0.921. The molecule has 0 aliphatic carbocycles. The number of nitrogens with zero attached hydrogens (tertiary/aromatic N) is 1. The third kappa shape index (κ3) is 33.5. The van der Waals surface area contributed by atoms with Crippen molar-refractivity contribution in [3.63, 3.8) is 0 Å². The Bertz CT molecular complexity index is 789. The van der Waals surface area contributed by atoms with Crippen LogP contribution < -0.4 is 10.2 Å². The van der Waals surface area contributed by atoms with Gasteiger partial charge in [-0.1, -0.05) is 161 Å². The van der Waals surface area contributed by atoms with Crippen LogP contribution in [0.1, 0.15) is 174 Å². The first-order valence-electron chi connectivity index (χ1n) is 19.6. The van der Waals surface area contributed by atoms with Gasteiger partial charge in [-0.2, -0.15) is 0 Å². The zero-order valence-electron chi connectivity index (χ0n) is 31.5. The average Bonchev–Trinajstić information content (AvgIpc) is 3.01. The second-order valence-corrected chi connectivity index (χ2v) is 16.1. The molecule has 0 radical (unpaired) electrons. The number of nitrogens with one attached hydrogen (secondary N) is 1. The van der Waals surface area contributed by atoms with Crippen LogP contribution in [-0.4, -0.2) is 68.5 Å². The lowest BCUT2D eigenvalue weighted by Crippen LogP contribution is -2.45. The number of phosphoric ester groups is 1. The number of hydrogen-bond acceptors (Lipinski definition) is 6. The Balaban J connectivity index is 4.49. The molecule has 0 rings (SSSR count). The minimum Gasteiger partial charge on any atom is -0.756 e. The molecular formula is C38H77N2O6P. The van der Waals surface area contributed by atoms with E-state index in [1.54, 1.807) is 6.08 Å². The van der Waals surface area contributed by atoms with Crippen molar-refractivity contribution in [3.05, 3.63) is 12.2 Å². The molecule has 0 heterocycles. The fourth-order valence-electron chi connectivity index (χ4n) is 5.56. The normalized spacial score (nSPS) is 14.8. The van der Waals surface area contributed by atoms with E-state index in [0.717, 1.165) is 38.5 Å². The van der Waals surface area contributed by atoms with Gasteiger partial charge in [0.25, 0.3) is 7.82 Å². The van der Waals surface area contributed by atoms with Gasteiger partial charge < -0.3 is 28.8 Å². The standard InChI is InChI=1S/C38H77N2O6P/c1-6-8-10-12-14-16-18-19-20-22-24-26-28-30-32-38(42)39-36(35-46-47(43,44)45-34-33-40(3,4)5)37(41)31-29-27-25-23-21-17-15-13-11-9-7-2/h29,31,36-37,41H,6-28,30,32-35H2,1-5H3,(H-,39,42,43,44)/b31-29+/t36-,37+/m0/s1. The molecule has 0 fully saturated rings. The number of carbonyl (C=O) groups excluding carboxylic acids is 1. The van der Waals surface area contributed by atoms with Crippen molar-refractivity contribution in [2.24, 2.45) is 0 Å². The molecule has 1 unspecified atom stereocenters. The molecule has 1 amide bonds. The number of unbranched alkanes of at least 4 members (excludes halogenated alkanes) is 22. The van der Waals surface area contributed by atoms with Crippen molar-refractivity contribution in [3.8, 4) is 0 Å². The van der Waals surface area contributed by atoms with Crippen molar-refractivity contribution in [1.29, 1.82) is 0 Å². The molecule has 47 heavy (non-hydrogen) atoms. The monoisotopic (exact) mass is 689 g/mol. The number of likely N-dealkylation sites (N-methyl/N-ethyl adjacent to an activating group) is 1. The lowest BCUT2D eigenvalue weighted by molar-refractivity contribution is -0.870. The number of quaternary nitrogens is 1. The van der Waals surface area contributed by atoms with E-state index in [2.05, 4.69) is 19.2 Å². The number of allylic oxidation sites excluding steroid dienone is 1. The smallest absolute Gasteiger partial charge is 0.268 e. The SMILES string of the molecule is CCCCCCCCCCC/C=C/[C@@H](O)[C@H](COP(=O)([O-])OCC[N+](C)(C)C)NC(=O)CCCCCCCCCCCCCCCC. The summed E-state index contributed by atoms with van der Waals surface area (Å²) in [4.78, 5) is 25.1. The number of amides is 1. The highest BCUT2D eigenvalue weighted by Gasteiger charge is 2.23. The van der Waals surface area contributed by atoms with E-state index in [9.17, 15) is 19.4 Å². The summed E-state index contributed by atoms with van der Waals surface area (Å²) in [6, 6.07) is -0.877. The Morgan fingerprint density at radius 2 is 1.15 bits per heavy atom. The van der Waals surface area contributed by atoms with Crippen LogP contribution in [0.3, 0.4) is 0 Å². The Labute approximate surface area is 291 Å². The van der Waals surface area contributed by atoms with Crippen LogP contribution in [0.4, 0.5) is 0 Å². The Morgan fingerprint density at radius 3 is 1.60 bits per heavy atom. The van der Waals surface area contributed by atoms with Crippen LogP contribution in [0.15, 0.2) is 12.2 Å². The quantitative estimate of drug-likeness (QED) is 0.0297. The number of aliphatic hydroxyl groups is 1. The number of phosphoric acid groups is 1. The Kier molecular flexibility index (Phi) is 30.7. The molecule has 0 bridgehead atoms. The third-order valence-electron chi connectivity index (χ3n) is 8.75. The highest BCUT2D eigenvalue weighted by Crippen LogP contribution is 2.38. The van der Waals surface area contributed by atoms with Gasteiger partial charge in [-0.15, -0.1) is 0 Å². The number of carbonyl (C=O) groups is 1. The molecule has 2 N–H and O–H groups in total. The van der Waals surface area contributed by atoms with Gasteiger partial charge in [-0.25, -0.2) is 0 Å². The maximum Gasteiger partial charge on any atom is 0.268 e. The van der Waals surface area contributed by atoms with Crippen molar-refractivity contribution < 1.29 is 32.9 Å². The van der Waals surface area contributed by atoms with E-state index in [1.807, 2.05) is 27.2 Å². The van der Waals surface area contributed by atoms with Crippen molar-refractivity contribution >= 4 is 13.7 Å². The summed E-state index contributed by atoms with van der Waals surface area (Å²) in [7, 11) is 1.26. The van der Waals surface area contributed by atoms with E-state index in [0.29, 0.717) is 17.4 Å². The van der Waals surface area contributed by atoms with Gasteiger partial charge in [0.15, 0.2) is 0 Å². The minimum absolute atomic E-state index is 0.00161. The predicted octanol–water partition coefficient (Wildman–Crippen LogP) is 9.39. The summed E-state index contributed by atoms with van der Waals surface area (Å²) < 4.78 is 23.1. The zero-order valence-corrected chi connectivity index (χ0v) is 32.4. The molecule has 0 saturated heterocycles. The van der Waals surface area contributed by atoms with Crippen LogP contribution in [0, 0.1) is 0 Å². The Morgan fingerprint density at radius 1 is 0.723 bits per heavy atom. The first-order chi connectivity index (χ1) is 22.5. The first kappa shape index (κ1) is 46.2. The van der Waals surface area contributed by atoms with E-state index in [1.165, 1.54) is 116 Å². The van der Waals surface area contributed by atoms with Crippen LogP contribution >= 0.6 is 7.82 Å². The van der Waals surface area contributed by atoms with E-state index in [4.69, 9.17) is 9.05 Å². The first-order valence-corrected chi connectivity index (χ1v) is 21.0. The largest absolute Gasteiger partial charge is 0.756 e. The molecule has 9 heteroatoms. The second kappa shape index (κ2) is 31.2. The summed E-state index contributed by atoms with van der Waals surface area (Å²) >= 11 is 0. The molecule has 8 nitrogen and oxygen atoms in total. The van der Waals surface area contributed by atoms with Gasteiger partial charge in [-0.3, -0.25) is 9.36 Å². The molecule has 0 aromatic carbocycles. The van der Waals surface area contributed by atoms with E-state index < -0.39 is 20.0 Å². The summed E-state index contributed by atoms with van der Waals surface area (Å²) in [6.45, 7) is 4.62. The molecule has 0 aliphatic rings. The minimum atomic E-state index is -4.57. The van der Waals surface area contributed by atoms with Gasteiger partial charge in [0.05, 0.1) is 39.9 Å². The molecule has 280 valence electrons. The molecular weight excluding hydrogens is 611 g/mol. The number of aliphatic hydroxyl groups excluding tert-OH is 1. The second-order valence-electron chi connectivity index (χ2n) is 14.6. The van der Waals surface area contributed by atoms with Gasteiger partial charge in [0.1, 0.15) is 13.2 Å². The predicted molar refractivity (Wildman–Crippen MR) is 196 cm³/mol. The lowest BCUT2D eigenvalue weighted by Gasteiger charge is -2.29. The third-order valence-corrected chi connectivity index (χ3v) is 9.71. The maximum absolute atomic E-state index is 12.8. The van der Waals surface area contributed by atoms with Gasteiger partial charge in [0.2, 0.25) is 5.91 Å². The number of rotatable bonds is 35. The molecule has 0 spiro atoms. The van der Waals surface area contributed by atoms with Crippen LogP contribution in [0.5, 0.6) is 0 Å². The Hall–Kier alpha value is -0.760. The molecule has 3 atom stereocenters. The van der Waals surface area contributed by atoms with Crippen LogP contribution in [-0.2, 0) is 18.4 Å². The van der Waals surface area contributed by atoms with E-state index in [-0.39, 0.29) is 19.1 Å². The summed E-state index contributed by atoms with van der Waals surface area (Å²) in [5, 5.41) is 13.7. The van der Waals surface area contributed by atoms with Crippen LogP contribution in [0.25, 0.3) is 0 Å². The molecule has 0 saturated carbocycles. The van der Waals surface area contributed by atoms with Gasteiger partial charge in [0, 0.05) is 6.42 Å². The summed E-state index contributed by atoms with van der Waals surface area (Å²) in [6.07, 6.45) is 32.4. The molecule has 0 aliphatic heterocycles. The van der Waals surface area contributed by atoms with Crippen molar-refractivity contribution in [2.75, 3.05) is 40.9 Å². The molecule has 0 aromatic rings. The summed E-state index contributed by atoms with van der Waals surface area (Å²) in [5.41, 5.74) is 0. The van der Waals surface area contributed by atoms with Gasteiger partial charge >= 0.3 is 0 Å². The maximum atomic E-state index is 12.8. The molecule has 0 aromatic heterocycles.